The molecule has 8 atom stereocenters. The maximum atomic E-state index is 15.0. The minimum absolute atomic E-state index is 0.0401. The molecule has 64 heavy (non-hydrogen) atoms. The molecule has 2 aliphatic heterocycles. The van der Waals surface area contributed by atoms with Crippen molar-refractivity contribution in [3.05, 3.63) is 52.5 Å². The van der Waals surface area contributed by atoms with Crippen LogP contribution < -0.4 is 26.6 Å². The molecule has 0 bridgehead atoms. The van der Waals surface area contributed by atoms with Crippen molar-refractivity contribution in [1.29, 1.82) is 0 Å². The maximum absolute atomic E-state index is 15.0. The summed E-state index contributed by atoms with van der Waals surface area (Å²) >= 11 is 1.36. The molecule has 1 saturated heterocycles. The van der Waals surface area contributed by atoms with Crippen LogP contribution >= 0.6 is 11.3 Å². The van der Waals surface area contributed by atoms with Crippen LogP contribution in [0.2, 0.25) is 0 Å². The number of aliphatic imine (C=N–C) groups is 1. The second-order valence-corrected chi connectivity index (χ2v) is 21.3. The average molecular weight is 905 g/mol. The van der Waals surface area contributed by atoms with Gasteiger partial charge >= 0.3 is 0 Å². The normalized spacial score (nSPS) is 21.8. The van der Waals surface area contributed by atoms with E-state index >= 15 is 0 Å². The van der Waals surface area contributed by atoms with Gasteiger partial charge in [-0.3, -0.25) is 33.8 Å². The molecule has 5 N–H and O–H groups in total. The number of nitrogens with one attached hydrogen (secondary N) is 5. The fourth-order valence-corrected chi connectivity index (χ4v) is 9.21. The van der Waals surface area contributed by atoms with Gasteiger partial charge in [0.2, 0.25) is 29.5 Å². The third-order valence-electron chi connectivity index (χ3n) is 12.5. The van der Waals surface area contributed by atoms with Gasteiger partial charge in [0.15, 0.2) is 0 Å². The number of aromatic nitrogens is 1. The lowest BCUT2D eigenvalue weighted by molar-refractivity contribution is -0.140. The number of amides is 5. The zero-order chi connectivity index (χ0) is 47.4. The van der Waals surface area contributed by atoms with Gasteiger partial charge in [0.1, 0.15) is 47.3 Å². The van der Waals surface area contributed by atoms with Crippen LogP contribution in [0.3, 0.4) is 0 Å². The Balaban J connectivity index is 1.70. The summed E-state index contributed by atoms with van der Waals surface area (Å²) in [5.41, 5.74) is -0.655. The van der Waals surface area contributed by atoms with Crippen LogP contribution in [0.5, 0.6) is 0 Å². The fourth-order valence-electron chi connectivity index (χ4n) is 8.52. The molecule has 1 aromatic carbocycles. The Morgan fingerprint density at radius 1 is 0.891 bits per heavy atom. The summed E-state index contributed by atoms with van der Waals surface area (Å²) in [6.07, 6.45) is 9.12. The first-order chi connectivity index (χ1) is 30.1. The van der Waals surface area contributed by atoms with E-state index in [-0.39, 0.29) is 48.2 Å². The van der Waals surface area contributed by atoms with Gasteiger partial charge in [-0.2, -0.15) is 0 Å². The lowest BCUT2D eigenvalue weighted by Gasteiger charge is -2.39. The van der Waals surface area contributed by atoms with Crippen LogP contribution in [0.4, 0.5) is 0 Å². The van der Waals surface area contributed by atoms with E-state index in [4.69, 9.17) is 4.99 Å². The van der Waals surface area contributed by atoms with Gasteiger partial charge in [0.25, 0.3) is 0 Å². The number of nitrogens with zero attached hydrogens (tertiary/aromatic N) is 3. The van der Waals surface area contributed by atoms with Gasteiger partial charge < -0.3 is 31.5 Å². The number of thiazole rings is 1. The first-order valence-electron chi connectivity index (χ1n) is 23.4. The smallest absolute Gasteiger partial charge is 0.244 e. The van der Waals surface area contributed by atoms with Crippen LogP contribution in [0, 0.1) is 22.7 Å². The number of hydrogen-bond acceptors (Lipinski definition) is 10. The SMILES string of the molecule is CCCCCCCCC(=O)C[C@@H](NC(=O)C(NC(=O)C(NC1=NCC(=O)N2CC[C@@H](C)[C@H]2C(=O)N[C@@H](C(C)C)C(=O)NC1C(C)(C)C)C(C)(C)C)[C@@H](C)c1ccccc1)c1nccs1. The summed E-state index contributed by atoms with van der Waals surface area (Å²) in [5, 5.41) is 18.1. The molecule has 3 unspecified atom stereocenters. The van der Waals surface area contributed by atoms with Crippen molar-refractivity contribution in [3.63, 3.8) is 0 Å². The van der Waals surface area contributed by atoms with E-state index in [2.05, 4.69) is 38.5 Å². The van der Waals surface area contributed by atoms with Crippen LogP contribution in [0.25, 0.3) is 0 Å². The van der Waals surface area contributed by atoms with E-state index in [9.17, 15) is 28.8 Å². The monoisotopic (exact) mass is 905 g/mol. The zero-order valence-electron chi connectivity index (χ0n) is 40.2. The summed E-state index contributed by atoms with van der Waals surface area (Å²) in [6.45, 7) is 21.2. The minimum Gasteiger partial charge on any atom is -0.360 e. The second kappa shape index (κ2) is 23.5. The first-order valence-corrected chi connectivity index (χ1v) is 24.3. The Labute approximate surface area is 385 Å². The number of Topliss-reactive ketones (excluding diaryl/α,β-unsaturated/α-hetero) is 1. The lowest BCUT2D eigenvalue weighted by atomic mass is 9.82. The lowest BCUT2D eigenvalue weighted by Crippen LogP contribution is -2.65. The molecule has 1 fully saturated rings. The molecule has 2 aliphatic rings. The van der Waals surface area contributed by atoms with Crippen molar-refractivity contribution in [1.82, 2.24) is 36.5 Å². The molecule has 0 aliphatic carbocycles. The van der Waals surface area contributed by atoms with Crippen molar-refractivity contribution >= 4 is 52.5 Å². The van der Waals surface area contributed by atoms with Gasteiger partial charge in [0.05, 0.1) is 12.1 Å². The summed E-state index contributed by atoms with van der Waals surface area (Å²) < 4.78 is 0. The van der Waals surface area contributed by atoms with E-state index in [1.54, 1.807) is 11.1 Å². The third-order valence-corrected chi connectivity index (χ3v) is 13.4. The molecule has 0 saturated carbocycles. The Hall–Kier alpha value is -4.66. The number of ketones is 1. The highest BCUT2D eigenvalue weighted by Gasteiger charge is 2.44. The number of fused-ring (bicyclic) bond motifs is 1. The number of benzene rings is 1. The first kappa shape index (κ1) is 52.0. The molecule has 1 aromatic heterocycles. The highest BCUT2D eigenvalue weighted by Crippen LogP contribution is 2.29. The maximum Gasteiger partial charge on any atom is 0.244 e. The Bertz CT molecular complexity index is 1910. The zero-order valence-corrected chi connectivity index (χ0v) is 41.0. The van der Waals surface area contributed by atoms with Crippen molar-refractivity contribution in [2.45, 2.75) is 176 Å². The molecule has 0 spiro atoms. The van der Waals surface area contributed by atoms with Crippen molar-refractivity contribution < 1.29 is 28.8 Å². The second-order valence-electron chi connectivity index (χ2n) is 20.4. The molecule has 3 heterocycles. The highest BCUT2D eigenvalue weighted by atomic mass is 32.1. The predicted molar refractivity (Wildman–Crippen MR) is 254 cm³/mol. The van der Waals surface area contributed by atoms with E-state index in [1.807, 2.05) is 105 Å². The van der Waals surface area contributed by atoms with Gasteiger partial charge in [-0.05, 0) is 41.1 Å². The number of unbranched alkanes of at least 4 members (excludes halogenated alkanes) is 5. The van der Waals surface area contributed by atoms with Crippen LogP contribution in [-0.2, 0) is 28.8 Å². The molecular weight excluding hydrogens is 829 g/mol. The number of carbonyl (C=O) groups excluding carboxylic acids is 6. The largest absolute Gasteiger partial charge is 0.360 e. The summed E-state index contributed by atoms with van der Waals surface area (Å²) in [4.78, 5) is 95.7. The molecular formula is C49H76N8O6S. The van der Waals surface area contributed by atoms with E-state index < -0.39 is 70.7 Å². The van der Waals surface area contributed by atoms with Gasteiger partial charge in [-0.15, -0.1) is 11.3 Å². The average Bonchev–Trinajstić information content (AvgIpc) is 3.91. The molecule has 4 rings (SSSR count). The molecule has 354 valence electrons. The molecule has 5 amide bonds. The number of amidine groups is 1. The van der Waals surface area contributed by atoms with Crippen molar-refractivity contribution in [3.8, 4) is 0 Å². The summed E-state index contributed by atoms with van der Waals surface area (Å²) in [6, 6.07) is 4.19. The van der Waals surface area contributed by atoms with E-state index in [0.717, 1.165) is 37.7 Å². The highest BCUT2D eigenvalue weighted by molar-refractivity contribution is 7.09. The Morgan fingerprint density at radius 3 is 2.17 bits per heavy atom. The molecule has 0 radical (unpaired) electrons. The molecule has 14 nitrogen and oxygen atoms in total. The molecule has 15 heteroatoms. The van der Waals surface area contributed by atoms with Crippen molar-refractivity contribution in [2.24, 2.45) is 27.7 Å². The fraction of sp³-hybridized carbons (Fsp3) is 0.673. The predicted octanol–water partition coefficient (Wildman–Crippen LogP) is 6.62. The van der Waals surface area contributed by atoms with Gasteiger partial charge in [-0.25, -0.2) is 4.98 Å². The standard InChI is InChI=1S/C49H76N8O6S/c1-12-13-14-15-16-20-23-34(58)28-35(47-50-25-27-64-47)52-44(61)38(32(5)33-21-18-17-19-22-33)54-46(63)41(49(9,10)11)55-42-40(48(6,7)8)56-43(60)37(30(2)3)53-45(62)39-31(4)24-26-57(39)36(59)29-51-42/h17-19,21-22,25,27,30-32,35,37-41H,12-16,20,23-24,26,28-29H2,1-11H3,(H,51,55)(H,52,61)(H,53,62)(H,54,63)(H,56,60)/t31-,32+,35-,37+,38?,39+,40?,41?/m1/s1. The number of carbonyl (C=O) groups is 6. The van der Waals surface area contributed by atoms with Gasteiger partial charge in [-0.1, -0.05) is 139 Å². The van der Waals surface area contributed by atoms with E-state index in [1.165, 1.54) is 17.8 Å². The van der Waals surface area contributed by atoms with Crippen LogP contribution in [-0.4, -0.2) is 94.3 Å². The van der Waals surface area contributed by atoms with Crippen LogP contribution in [0.15, 0.2) is 46.9 Å². The quantitative estimate of drug-likeness (QED) is 0.103. The van der Waals surface area contributed by atoms with E-state index in [0.29, 0.717) is 24.4 Å². The third kappa shape index (κ3) is 14.4. The number of rotatable bonds is 18. The Kier molecular flexibility index (Phi) is 19.1. The van der Waals surface area contributed by atoms with Crippen molar-refractivity contribution in [2.75, 3.05) is 13.1 Å². The Morgan fingerprint density at radius 2 is 1.56 bits per heavy atom. The number of hydrogen-bond donors (Lipinski definition) is 5. The minimum atomic E-state index is -1.08. The van der Waals surface area contributed by atoms with Crippen LogP contribution in [0.1, 0.15) is 156 Å². The van der Waals surface area contributed by atoms with Gasteiger partial charge in [0, 0.05) is 36.9 Å². The summed E-state index contributed by atoms with van der Waals surface area (Å²) in [7, 11) is 0. The topological polar surface area (TPSA) is 191 Å². The summed E-state index contributed by atoms with van der Waals surface area (Å²) in [5.74, 6) is -2.71. The molecule has 2 aromatic rings.